The highest BCUT2D eigenvalue weighted by Crippen LogP contribution is 1.98. The summed E-state index contributed by atoms with van der Waals surface area (Å²) in [5.74, 6) is 0. The van der Waals surface area contributed by atoms with E-state index in [4.69, 9.17) is 12.2 Å². The minimum absolute atomic E-state index is 0.676. The second-order valence-electron chi connectivity index (χ2n) is 4.31. The number of hydrogen-bond acceptors (Lipinski definition) is 2. The van der Waals surface area contributed by atoms with E-state index in [1.165, 1.54) is 0 Å². The molecule has 16 heavy (non-hydrogen) atoms. The fourth-order valence-corrected chi connectivity index (χ4v) is 1.63. The molecule has 0 aromatic carbocycles. The van der Waals surface area contributed by atoms with Crippen LogP contribution in [0.2, 0.25) is 0 Å². The van der Waals surface area contributed by atoms with E-state index in [0.29, 0.717) is 16.4 Å². The summed E-state index contributed by atoms with van der Waals surface area (Å²) in [6.45, 7) is 14.9. The van der Waals surface area contributed by atoms with Crippen molar-refractivity contribution in [1.29, 1.82) is 0 Å². The van der Waals surface area contributed by atoms with Gasteiger partial charge >= 0.3 is 0 Å². The zero-order chi connectivity index (χ0) is 13.3. The standard InChI is InChI=1S/C7H17N.C5H11NS2/c1-6(2)8(5)7(3)4;1-3-6(4-2)5(7)8/h6-7H,1-5H3;3-4H2,1-2H3,(H,7,8). The molecule has 0 aromatic rings. The van der Waals surface area contributed by atoms with Gasteiger partial charge in [0.05, 0.1) is 0 Å². The van der Waals surface area contributed by atoms with Gasteiger partial charge in [0.25, 0.3) is 0 Å². The molecule has 0 aliphatic rings. The zero-order valence-corrected chi connectivity index (χ0v) is 13.5. The molecule has 98 valence electrons. The predicted molar refractivity (Wildman–Crippen MR) is 82.5 cm³/mol. The quantitative estimate of drug-likeness (QED) is 0.615. The van der Waals surface area contributed by atoms with Crippen LogP contribution in [0.3, 0.4) is 0 Å². The van der Waals surface area contributed by atoms with E-state index in [2.05, 4.69) is 66.1 Å². The van der Waals surface area contributed by atoms with Crippen molar-refractivity contribution in [3.8, 4) is 0 Å². The van der Waals surface area contributed by atoms with Gasteiger partial charge in [-0.05, 0) is 48.6 Å². The Kier molecular flexibility index (Phi) is 12.0. The van der Waals surface area contributed by atoms with Crippen molar-refractivity contribution in [3.05, 3.63) is 0 Å². The maximum Gasteiger partial charge on any atom is 0.133 e. The van der Waals surface area contributed by atoms with Gasteiger partial charge in [0, 0.05) is 25.2 Å². The molecule has 0 atom stereocenters. The average Bonchev–Trinajstić information content (AvgIpc) is 2.18. The van der Waals surface area contributed by atoms with Gasteiger partial charge in [0.2, 0.25) is 0 Å². The second-order valence-corrected chi connectivity index (χ2v) is 5.42. The van der Waals surface area contributed by atoms with E-state index in [9.17, 15) is 0 Å². The highest BCUT2D eigenvalue weighted by atomic mass is 32.1. The third-order valence-electron chi connectivity index (χ3n) is 2.66. The van der Waals surface area contributed by atoms with Crippen molar-refractivity contribution in [2.24, 2.45) is 0 Å². The van der Waals surface area contributed by atoms with Crippen molar-refractivity contribution < 1.29 is 0 Å². The van der Waals surface area contributed by atoms with E-state index in [0.717, 1.165) is 13.1 Å². The first kappa shape index (κ1) is 18.6. The number of hydrogen-bond donors (Lipinski definition) is 1. The lowest BCUT2D eigenvalue weighted by molar-refractivity contribution is 0.222. The van der Waals surface area contributed by atoms with Gasteiger partial charge in [-0.1, -0.05) is 12.2 Å². The lowest BCUT2D eigenvalue weighted by Crippen LogP contribution is -2.32. The molecule has 0 saturated heterocycles. The minimum atomic E-state index is 0.676. The second kappa shape index (κ2) is 10.4. The molecule has 0 bridgehead atoms. The lowest BCUT2D eigenvalue weighted by Gasteiger charge is -2.24. The molecule has 0 aliphatic carbocycles. The maximum absolute atomic E-state index is 4.81. The molecule has 0 heterocycles. The van der Waals surface area contributed by atoms with Crippen LogP contribution in [0, 0.1) is 0 Å². The summed E-state index contributed by atoms with van der Waals surface area (Å²) in [4.78, 5) is 4.35. The lowest BCUT2D eigenvalue weighted by atomic mass is 10.3. The Labute approximate surface area is 113 Å². The van der Waals surface area contributed by atoms with Crippen LogP contribution >= 0.6 is 24.8 Å². The Balaban J connectivity index is 0. The average molecular weight is 265 g/mol. The molecule has 0 aliphatic heterocycles. The largest absolute Gasteiger partial charge is 0.358 e. The maximum atomic E-state index is 4.81. The molecule has 0 spiro atoms. The van der Waals surface area contributed by atoms with E-state index >= 15 is 0 Å². The Bertz CT molecular complexity index is 170. The van der Waals surface area contributed by atoms with Crippen molar-refractivity contribution in [2.45, 2.75) is 53.6 Å². The normalized spacial score (nSPS) is 10.4. The summed E-state index contributed by atoms with van der Waals surface area (Å²) in [6, 6.07) is 1.35. The van der Waals surface area contributed by atoms with Crippen LogP contribution in [0.4, 0.5) is 0 Å². The summed E-state index contributed by atoms with van der Waals surface area (Å²) in [6.07, 6.45) is 0. The molecule has 2 nitrogen and oxygen atoms in total. The van der Waals surface area contributed by atoms with Crippen LogP contribution in [0.25, 0.3) is 0 Å². The smallest absolute Gasteiger partial charge is 0.133 e. The Hall–Kier alpha value is 0.200. The van der Waals surface area contributed by atoms with Crippen LogP contribution in [0.1, 0.15) is 41.5 Å². The van der Waals surface area contributed by atoms with Crippen LogP contribution < -0.4 is 0 Å². The van der Waals surface area contributed by atoms with Gasteiger partial charge in [0.1, 0.15) is 4.32 Å². The van der Waals surface area contributed by atoms with Crippen LogP contribution in [0.15, 0.2) is 0 Å². The number of rotatable bonds is 4. The molecule has 0 radical (unpaired) electrons. The molecule has 0 saturated carbocycles. The fraction of sp³-hybridized carbons (Fsp3) is 0.917. The van der Waals surface area contributed by atoms with E-state index in [1.54, 1.807) is 0 Å². The Morgan fingerprint density at radius 1 is 1.06 bits per heavy atom. The SMILES string of the molecule is CC(C)N(C)C(C)C.CCN(CC)C(=S)S. The van der Waals surface area contributed by atoms with Gasteiger partial charge in [-0.2, -0.15) is 0 Å². The van der Waals surface area contributed by atoms with Crippen molar-refractivity contribution in [3.63, 3.8) is 0 Å². The molecular formula is C12H28N2S2. The molecule has 0 aromatic heterocycles. The van der Waals surface area contributed by atoms with Crippen LogP contribution in [-0.2, 0) is 0 Å². The number of thiocarbonyl (C=S) groups is 1. The third kappa shape index (κ3) is 9.43. The minimum Gasteiger partial charge on any atom is -0.358 e. The first-order valence-electron chi connectivity index (χ1n) is 5.97. The molecule has 0 amide bonds. The summed E-state index contributed by atoms with van der Waals surface area (Å²) >= 11 is 8.82. The number of nitrogens with zero attached hydrogens (tertiary/aromatic N) is 2. The summed E-state index contributed by atoms with van der Waals surface area (Å²) in [7, 11) is 2.15. The molecule has 4 heteroatoms. The van der Waals surface area contributed by atoms with Gasteiger partial charge in [-0.15, -0.1) is 12.6 Å². The highest BCUT2D eigenvalue weighted by molar-refractivity contribution is 8.10. The number of thiol groups is 1. The third-order valence-corrected chi connectivity index (χ3v) is 3.20. The van der Waals surface area contributed by atoms with E-state index in [-0.39, 0.29) is 0 Å². The van der Waals surface area contributed by atoms with Crippen molar-refractivity contribution >= 4 is 29.2 Å². The summed E-state index contributed by atoms with van der Waals surface area (Å²) < 4.78 is 0.690. The molecule has 0 unspecified atom stereocenters. The molecule has 0 rings (SSSR count). The Morgan fingerprint density at radius 2 is 1.38 bits per heavy atom. The van der Waals surface area contributed by atoms with E-state index < -0.39 is 0 Å². The molecular weight excluding hydrogens is 236 g/mol. The fourth-order valence-electron chi connectivity index (χ4n) is 1.09. The van der Waals surface area contributed by atoms with Gasteiger partial charge in [-0.25, -0.2) is 0 Å². The zero-order valence-electron chi connectivity index (χ0n) is 11.8. The van der Waals surface area contributed by atoms with E-state index in [1.807, 2.05) is 4.90 Å². The monoisotopic (exact) mass is 264 g/mol. The first-order valence-corrected chi connectivity index (χ1v) is 6.83. The van der Waals surface area contributed by atoms with Crippen molar-refractivity contribution in [2.75, 3.05) is 20.1 Å². The van der Waals surface area contributed by atoms with Crippen LogP contribution in [0.5, 0.6) is 0 Å². The van der Waals surface area contributed by atoms with Crippen molar-refractivity contribution in [1.82, 2.24) is 9.80 Å². The predicted octanol–water partition coefficient (Wildman–Crippen LogP) is 3.28. The molecule has 0 fully saturated rings. The summed E-state index contributed by atoms with van der Waals surface area (Å²) in [5, 5.41) is 0. The van der Waals surface area contributed by atoms with Gasteiger partial charge in [0.15, 0.2) is 0 Å². The Morgan fingerprint density at radius 3 is 1.38 bits per heavy atom. The van der Waals surface area contributed by atoms with Crippen LogP contribution in [-0.4, -0.2) is 46.3 Å². The topological polar surface area (TPSA) is 6.48 Å². The highest BCUT2D eigenvalue weighted by Gasteiger charge is 2.04. The first-order chi connectivity index (χ1) is 7.27. The molecule has 0 N–H and O–H groups in total. The van der Waals surface area contributed by atoms with Gasteiger partial charge < -0.3 is 9.80 Å². The van der Waals surface area contributed by atoms with Gasteiger partial charge in [-0.3, -0.25) is 0 Å². The summed E-state index contributed by atoms with van der Waals surface area (Å²) in [5.41, 5.74) is 0.